The molecule has 1 aromatic carbocycles. The highest BCUT2D eigenvalue weighted by molar-refractivity contribution is 5.79. The molecule has 0 saturated carbocycles. The largest absolute Gasteiger partial charge is 0.417 e. The van der Waals surface area contributed by atoms with Crippen LogP contribution in [0.2, 0.25) is 0 Å². The first kappa shape index (κ1) is 22.8. The fraction of sp³-hybridized carbons (Fsp3) is 0.348. The van der Waals surface area contributed by atoms with Gasteiger partial charge in [0.1, 0.15) is 5.82 Å². The topological polar surface area (TPSA) is 105 Å². The van der Waals surface area contributed by atoms with E-state index in [4.69, 9.17) is 0 Å². The van der Waals surface area contributed by atoms with Crippen LogP contribution in [0.15, 0.2) is 52.2 Å². The van der Waals surface area contributed by atoms with Gasteiger partial charge in [-0.25, -0.2) is 4.79 Å². The lowest BCUT2D eigenvalue weighted by atomic mass is 9.97. The molecule has 0 aliphatic carbocycles. The summed E-state index contributed by atoms with van der Waals surface area (Å²) in [6, 6.07) is 8.90. The van der Waals surface area contributed by atoms with Crippen molar-refractivity contribution in [2.75, 3.05) is 13.1 Å². The first-order chi connectivity index (χ1) is 16.7. The molecule has 182 valence electrons. The Hall–Kier alpha value is -3.96. The van der Waals surface area contributed by atoms with Crippen LogP contribution in [0, 0.1) is 0 Å². The van der Waals surface area contributed by atoms with Crippen LogP contribution in [0.1, 0.15) is 36.6 Å². The normalized spacial score (nSPS) is 16.8. The molecule has 1 aliphatic rings. The number of halogens is 3. The number of fused-ring (bicyclic) bond motifs is 2. The number of aromatic amines is 1. The first-order valence-corrected chi connectivity index (χ1v) is 11.1. The van der Waals surface area contributed by atoms with Crippen LogP contribution < -0.4 is 11.2 Å². The molecular weight excluding hydrogens is 465 g/mol. The molecule has 5 rings (SSSR count). The van der Waals surface area contributed by atoms with Crippen LogP contribution in [0.25, 0.3) is 16.6 Å². The van der Waals surface area contributed by atoms with Gasteiger partial charge in [0.15, 0.2) is 5.65 Å². The number of piperidine rings is 1. The maximum atomic E-state index is 13.2. The highest BCUT2D eigenvalue weighted by atomic mass is 19.4. The predicted molar refractivity (Wildman–Crippen MR) is 120 cm³/mol. The number of aryl methyl sites for hydroxylation is 1. The summed E-state index contributed by atoms with van der Waals surface area (Å²) < 4.78 is 42.3. The summed E-state index contributed by atoms with van der Waals surface area (Å²) in [7, 11) is 0. The lowest BCUT2D eigenvalue weighted by Crippen LogP contribution is -2.40. The predicted octanol–water partition coefficient (Wildman–Crippen LogP) is 2.55. The van der Waals surface area contributed by atoms with Crippen LogP contribution in [-0.2, 0) is 17.5 Å². The molecule has 1 atom stereocenters. The maximum absolute atomic E-state index is 13.2. The van der Waals surface area contributed by atoms with Crippen molar-refractivity contribution >= 4 is 22.5 Å². The molecule has 3 aromatic heterocycles. The van der Waals surface area contributed by atoms with E-state index in [0.717, 1.165) is 12.3 Å². The Labute approximate surface area is 195 Å². The van der Waals surface area contributed by atoms with Crippen molar-refractivity contribution in [3.63, 3.8) is 0 Å². The number of hydrogen-bond donors (Lipinski definition) is 1. The number of nitrogens with one attached hydrogen (secondary N) is 1. The van der Waals surface area contributed by atoms with Crippen LogP contribution in [0.3, 0.4) is 0 Å². The minimum atomic E-state index is -4.49. The van der Waals surface area contributed by atoms with Gasteiger partial charge in [-0.05, 0) is 37.1 Å². The molecule has 1 fully saturated rings. The zero-order valence-electron chi connectivity index (χ0n) is 18.5. The minimum absolute atomic E-state index is 0.0292. The number of hydrogen-bond acceptors (Lipinski definition) is 5. The first-order valence-electron chi connectivity index (χ1n) is 11.1. The Morgan fingerprint density at radius 1 is 1.11 bits per heavy atom. The van der Waals surface area contributed by atoms with Crippen LogP contribution in [-0.4, -0.2) is 48.0 Å². The van der Waals surface area contributed by atoms with Crippen molar-refractivity contribution < 1.29 is 18.0 Å². The minimum Gasteiger partial charge on any atom is -0.342 e. The molecule has 12 heteroatoms. The molecule has 1 aliphatic heterocycles. The second-order valence-electron chi connectivity index (χ2n) is 8.56. The number of H-pyrrole nitrogens is 1. The van der Waals surface area contributed by atoms with Gasteiger partial charge in [-0.1, -0.05) is 12.1 Å². The Kier molecular flexibility index (Phi) is 5.65. The third-order valence-corrected chi connectivity index (χ3v) is 6.35. The summed E-state index contributed by atoms with van der Waals surface area (Å²) in [5.74, 6) is -0.0871. The van der Waals surface area contributed by atoms with Gasteiger partial charge in [-0.15, -0.1) is 10.2 Å². The number of carbonyl (C=O) groups is 1. The van der Waals surface area contributed by atoms with Crippen molar-refractivity contribution in [2.24, 2.45) is 0 Å². The van der Waals surface area contributed by atoms with E-state index >= 15 is 0 Å². The van der Waals surface area contributed by atoms with Gasteiger partial charge < -0.3 is 4.90 Å². The summed E-state index contributed by atoms with van der Waals surface area (Å²) in [5, 5.41) is 8.45. The Bertz CT molecular complexity index is 1540. The molecule has 1 N–H and O–H groups in total. The summed E-state index contributed by atoms with van der Waals surface area (Å²) in [5.41, 5.74) is -1.12. The molecule has 1 amide bonds. The summed E-state index contributed by atoms with van der Waals surface area (Å²) in [6.45, 7) is 0.872. The van der Waals surface area contributed by atoms with Crippen LogP contribution >= 0.6 is 0 Å². The van der Waals surface area contributed by atoms with E-state index in [1.165, 1.54) is 15.0 Å². The highest BCUT2D eigenvalue weighted by Crippen LogP contribution is 2.31. The molecule has 0 spiro atoms. The smallest absolute Gasteiger partial charge is 0.342 e. The lowest BCUT2D eigenvalue weighted by Gasteiger charge is -2.32. The number of para-hydroxylation sites is 1. The van der Waals surface area contributed by atoms with E-state index in [1.54, 1.807) is 29.2 Å². The van der Waals surface area contributed by atoms with Gasteiger partial charge >= 0.3 is 11.9 Å². The zero-order chi connectivity index (χ0) is 24.7. The second-order valence-corrected chi connectivity index (χ2v) is 8.56. The molecule has 1 saturated heterocycles. The lowest BCUT2D eigenvalue weighted by molar-refractivity contribution is -0.137. The number of aromatic nitrogens is 5. The van der Waals surface area contributed by atoms with E-state index in [2.05, 4.69) is 15.2 Å². The van der Waals surface area contributed by atoms with E-state index in [-0.39, 0.29) is 31.3 Å². The zero-order valence-corrected chi connectivity index (χ0v) is 18.5. The van der Waals surface area contributed by atoms with E-state index in [9.17, 15) is 27.6 Å². The van der Waals surface area contributed by atoms with Crippen molar-refractivity contribution in [1.82, 2.24) is 29.0 Å². The second kappa shape index (κ2) is 8.67. The van der Waals surface area contributed by atoms with E-state index in [1.807, 2.05) is 0 Å². The number of benzene rings is 1. The van der Waals surface area contributed by atoms with Crippen molar-refractivity contribution in [2.45, 2.75) is 37.9 Å². The Morgan fingerprint density at radius 2 is 1.91 bits per heavy atom. The molecule has 0 bridgehead atoms. The molecule has 35 heavy (non-hydrogen) atoms. The SMILES string of the molecule is O=C(CCn1c(=O)[nH]c(=O)c2ccccc21)N1CCC[C@@H](c2nnc3ccc(C(F)(F)F)cn23)C1. The van der Waals surface area contributed by atoms with Gasteiger partial charge in [0, 0.05) is 38.2 Å². The number of likely N-dealkylation sites (tertiary alicyclic amines) is 1. The monoisotopic (exact) mass is 486 g/mol. The Balaban J connectivity index is 1.34. The van der Waals surface area contributed by atoms with Gasteiger partial charge in [0.05, 0.1) is 16.5 Å². The maximum Gasteiger partial charge on any atom is 0.417 e. The fourth-order valence-electron chi connectivity index (χ4n) is 4.60. The van der Waals surface area contributed by atoms with E-state index in [0.29, 0.717) is 41.8 Å². The molecular formula is C23H21F3N6O3. The number of pyridine rings is 1. The average Bonchev–Trinajstić information content (AvgIpc) is 3.27. The van der Waals surface area contributed by atoms with Crippen molar-refractivity contribution in [1.29, 1.82) is 0 Å². The summed E-state index contributed by atoms with van der Waals surface area (Å²) in [4.78, 5) is 41.3. The quantitative estimate of drug-likeness (QED) is 0.477. The number of amides is 1. The average molecular weight is 486 g/mol. The number of carbonyl (C=O) groups excluding carboxylic acids is 1. The molecule has 4 aromatic rings. The van der Waals surface area contributed by atoms with Crippen LogP contribution in [0.4, 0.5) is 13.2 Å². The van der Waals surface area contributed by atoms with Gasteiger partial charge in [0.25, 0.3) is 5.56 Å². The number of alkyl halides is 3. The summed E-state index contributed by atoms with van der Waals surface area (Å²) >= 11 is 0. The number of rotatable bonds is 4. The summed E-state index contributed by atoms with van der Waals surface area (Å²) in [6.07, 6.45) is -2.16. The Morgan fingerprint density at radius 3 is 2.71 bits per heavy atom. The van der Waals surface area contributed by atoms with Crippen molar-refractivity contribution in [3.05, 3.63) is 74.8 Å². The molecule has 9 nitrogen and oxygen atoms in total. The standard InChI is InChI=1S/C23H21F3N6O3/c24-23(25,26)15-7-8-18-28-29-20(32(18)13-15)14-4-3-10-30(12-14)19(33)9-11-31-17-6-2-1-5-16(17)21(34)27-22(31)35/h1-2,5-8,13-14H,3-4,9-12H2,(H,27,34,35)/t14-/m1/s1. The van der Waals surface area contributed by atoms with Crippen LogP contribution in [0.5, 0.6) is 0 Å². The third kappa shape index (κ3) is 4.31. The van der Waals surface area contributed by atoms with Gasteiger partial charge in [0.2, 0.25) is 5.91 Å². The van der Waals surface area contributed by atoms with Crippen molar-refractivity contribution in [3.8, 4) is 0 Å². The molecule has 0 unspecified atom stereocenters. The van der Waals surface area contributed by atoms with Gasteiger partial charge in [-0.2, -0.15) is 13.2 Å². The number of nitrogens with zero attached hydrogens (tertiary/aromatic N) is 5. The molecule has 4 heterocycles. The third-order valence-electron chi connectivity index (χ3n) is 6.35. The fourth-order valence-corrected chi connectivity index (χ4v) is 4.60. The van der Waals surface area contributed by atoms with E-state index < -0.39 is 23.0 Å². The molecule has 0 radical (unpaired) electrons. The highest BCUT2D eigenvalue weighted by Gasteiger charge is 2.32. The van der Waals surface area contributed by atoms with Gasteiger partial charge in [-0.3, -0.25) is 23.5 Å².